The van der Waals surface area contributed by atoms with Crippen LogP contribution in [0.3, 0.4) is 0 Å². The molecule has 4 heteroatoms. The van der Waals surface area contributed by atoms with Crippen molar-refractivity contribution in [3.05, 3.63) is 23.2 Å². The molecule has 2 saturated carbocycles. The lowest BCUT2D eigenvalue weighted by molar-refractivity contribution is -0.117. The van der Waals surface area contributed by atoms with E-state index >= 15 is 0 Å². The summed E-state index contributed by atoms with van der Waals surface area (Å²) in [5.41, 5.74) is 0.897. The van der Waals surface area contributed by atoms with Gasteiger partial charge in [-0.15, -0.1) is 0 Å². The number of hydrogen-bond acceptors (Lipinski definition) is 4. The second-order valence-electron chi connectivity index (χ2n) is 10.7. The second-order valence-corrected chi connectivity index (χ2v) is 10.7. The van der Waals surface area contributed by atoms with E-state index in [1.54, 1.807) is 7.11 Å². The van der Waals surface area contributed by atoms with Gasteiger partial charge in [-0.1, -0.05) is 33.6 Å². The SMILES string of the molecule is COC1=CC2NC(C)(C)OC2=C(CC2(C)C(C)CCC3(C)CCCCC32)C1=O. The number of allylic oxidation sites excluding steroid dienone is 1. The number of nitrogens with one attached hydrogen (secondary N) is 1. The fourth-order valence-electron chi connectivity index (χ4n) is 6.71. The van der Waals surface area contributed by atoms with Gasteiger partial charge in [0.25, 0.3) is 0 Å². The van der Waals surface area contributed by atoms with Crippen molar-refractivity contribution in [3.8, 4) is 0 Å². The van der Waals surface area contributed by atoms with Crippen LogP contribution in [-0.2, 0) is 14.3 Å². The summed E-state index contributed by atoms with van der Waals surface area (Å²) in [6.45, 7) is 11.4. The molecule has 3 fully saturated rings. The van der Waals surface area contributed by atoms with E-state index in [9.17, 15) is 4.79 Å². The fourth-order valence-corrected chi connectivity index (χ4v) is 6.71. The Labute approximate surface area is 170 Å². The van der Waals surface area contributed by atoms with Crippen LogP contribution in [-0.4, -0.2) is 24.7 Å². The lowest BCUT2D eigenvalue weighted by Crippen LogP contribution is -2.50. The molecular formula is C24H37NO3. The van der Waals surface area contributed by atoms with Gasteiger partial charge in [0.1, 0.15) is 5.76 Å². The quantitative estimate of drug-likeness (QED) is 0.732. The zero-order valence-electron chi connectivity index (χ0n) is 18.5. The van der Waals surface area contributed by atoms with Gasteiger partial charge in [-0.25, -0.2) is 0 Å². The molecule has 1 saturated heterocycles. The molecule has 4 rings (SSSR count). The Kier molecular flexibility index (Phi) is 4.73. The summed E-state index contributed by atoms with van der Waals surface area (Å²) in [6.07, 6.45) is 10.5. The second kappa shape index (κ2) is 6.62. The van der Waals surface area contributed by atoms with Gasteiger partial charge in [-0.3, -0.25) is 10.1 Å². The Bertz CT molecular complexity index is 736. The van der Waals surface area contributed by atoms with Crippen molar-refractivity contribution < 1.29 is 14.3 Å². The summed E-state index contributed by atoms with van der Waals surface area (Å²) in [4.78, 5) is 13.3. The number of rotatable bonds is 3. The molecule has 1 aliphatic heterocycles. The highest BCUT2D eigenvalue weighted by Gasteiger charge is 2.54. The molecule has 0 aromatic heterocycles. The number of fused-ring (bicyclic) bond motifs is 2. The third-order valence-electron chi connectivity index (χ3n) is 8.44. The molecule has 28 heavy (non-hydrogen) atoms. The van der Waals surface area contributed by atoms with Crippen molar-refractivity contribution in [1.82, 2.24) is 5.32 Å². The largest absolute Gasteiger partial charge is 0.493 e. The number of ketones is 1. The number of methoxy groups -OCH3 is 1. The summed E-state index contributed by atoms with van der Waals surface area (Å²) in [5.74, 6) is 2.56. The first kappa shape index (κ1) is 20.0. The molecule has 4 nitrogen and oxygen atoms in total. The molecule has 5 unspecified atom stereocenters. The van der Waals surface area contributed by atoms with Gasteiger partial charge in [-0.05, 0) is 74.7 Å². The van der Waals surface area contributed by atoms with Gasteiger partial charge in [-0.2, -0.15) is 0 Å². The Morgan fingerprint density at radius 3 is 2.64 bits per heavy atom. The molecule has 0 amide bonds. The topological polar surface area (TPSA) is 47.6 Å². The van der Waals surface area contributed by atoms with Crippen LogP contribution in [0.25, 0.3) is 0 Å². The van der Waals surface area contributed by atoms with Crippen molar-refractivity contribution in [2.45, 2.75) is 91.3 Å². The summed E-state index contributed by atoms with van der Waals surface area (Å²) in [7, 11) is 1.59. The first-order chi connectivity index (χ1) is 13.1. The highest BCUT2D eigenvalue weighted by Crippen LogP contribution is 2.62. The van der Waals surface area contributed by atoms with Gasteiger partial charge in [0, 0.05) is 5.57 Å². The number of ether oxygens (including phenoxy) is 2. The molecule has 0 spiro atoms. The number of carbonyl (C=O) groups excluding carboxylic acids is 1. The van der Waals surface area contributed by atoms with Gasteiger partial charge in [0.15, 0.2) is 11.5 Å². The summed E-state index contributed by atoms with van der Waals surface area (Å²) in [6, 6.07) is -0.0714. The van der Waals surface area contributed by atoms with Crippen molar-refractivity contribution in [2.24, 2.45) is 22.7 Å². The maximum Gasteiger partial charge on any atom is 0.226 e. The number of hydrogen-bond donors (Lipinski definition) is 1. The highest BCUT2D eigenvalue weighted by molar-refractivity contribution is 6.08. The fraction of sp³-hybridized carbons (Fsp3) is 0.792. The van der Waals surface area contributed by atoms with Crippen LogP contribution in [0.5, 0.6) is 0 Å². The van der Waals surface area contributed by atoms with E-state index in [0.29, 0.717) is 23.0 Å². The van der Waals surface area contributed by atoms with Gasteiger partial charge < -0.3 is 9.47 Å². The van der Waals surface area contributed by atoms with Crippen molar-refractivity contribution in [3.63, 3.8) is 0 Å². The number of carbonyl (C=O) groups is 1. The van der Waals surface area contributed by atoms with Crippen LogP contribution >= 0.6 is 0 Å². The monoisotopic (exact) mass is 387 g/mol. The lowest BCUT2D eigenvalue weighted by atomic mass is 9.47. The van der Waals surface area contributed by atoms with Crippen LogP contribution in [0.2, 0.25) is 0 Å². The smallest absolute Gasteiger partial charge is 0.226 e. The van der Waals surface area contributed by atoms with Crippen molar-refractivity contribution in [2.75, 3.05) is 7.11 Å². The van der Waals surface area contributed by atoms with Crippen molar-refractivity contribution >= 4 is 5.78 Å². The van der Waals surface area contributed by atoms with Gasteiger partial charge in [0.2, 0.25) is 5.78 Å². The molecular weight excluding hydrogens is 350 g/mol. The first-order valence-corrected chi connectivity index (χ1v) is 11.1. The van der Waals surface area contributed by atoms with Crippen LogP contribution < -0.4 is 5.32 Å². The molecule has 5 atom stereocenters. The zero-order chi connectivity index (χ0) is 20.3. The minimum atomic E-state index is -0.469. The molecule has 156 valence electrons. The minimum Gasteiger partial charge on any atom is -0.493 e. The van der Waals surface area contributed by atoms with E-state index < -0.39 is 5.72 Å². The highest BCUT2D eigenvalue weighted by atomic mass is 16.5. The summed E-state index contributed by atoms with van der Waals surface area (Å²) < 4.78 is 11.7. The number of Topliss-reactive ketones (excluding diaryl/α,β-unsaturated/α-hetero) is 1. The molecule has 0 radical (unpaired) electrons. The maximum atomic E-state index is 13.3. The van der Waals surface area contributed by atoms with E-state index in [-0.39, 0.29) is 17.2 Å². The standard InChI is InChI=1S/C24H37NO3/c1-15-10-12-23(4)11-8-7-9-19(23)24(15,5)14-16-20(26)18(27-6)13-17-21(16)28-22(2,3)25-17/h13,15,17,19,25H,7-12,14H2,1-6H3. The van der Waals surface area contributed by atoms with Gasteiger partial charge in [0.05, 0.1) is 13.2 Å². The average molecular weight is 388 g/mol. The molecule has 1 heterocycles. The van der Waals surface area contributed by atoms with E-state index in [1.807, 2.05) is 19.9 Å². The van der Waals surface area contributed by atoms with E-state index in [2.05, 4.69) is 26.1 Å². The Balaban J connectivity index is 1.74. The zero-order valence-corrected chi connectivity index (χ0v) is 18.5. The van der Waals surface area contributed by atoms with E-state index in [4.69, 9.17) is 9.47 Å². The molecule has 0 bridgehead atoms. The van der Waals surface area contributed by atoms with Crippen LogP contribution in [0.1, 0.15) is 79.6 Å². The normalized spacial score (nSPS) is 42.4. The summed E-state index contributed by atoms with van der Waals surface area (Å²) >= 11 is 0. The van der Waals surface area contributed by atoms with E-state index in [1.165, 1.54) is 38.5 Å². The maximum absolute atomic E-state index is 13.3. The predicted molar refractivity (Wildman–Crippen MR) is 110 cm³/mol. The average Bonchev–Trinajstić information content (AvgIpc) is 2.95. The molecule has 0 aromatic carbocycles. The Morgan fingerprint density at radius 1 is 1.18 bits per heavy atom. The van der Waals surface area contributed by atoms with Crippen LogP contribution in [0.4, 0.5) is 0 Å². The molecule has 3 aliphatic carbocycles. The van der Waals surface area contributed by atoms with E-state index in [0.717, 1.165) is 17.8 Å². The molecule has 0 aromatic rings. The summed E-state index contributed by atoms with van der Waals surface area (Å²) in [5, 5.41) is 3.48. The minimum absolute atomic E-state index is 0.0183. The third-order valence-corrected chi connectivity index (χ3v) is 8.44. The first-order valence-electron chi connectivity index (χ1n) is 11.1. The van der Waals surface area contributed by atoms with Crippen LogP contribution in [0, 0.1) is 22.7 Å². The third kappa shape index (κ3) is 3.03. The predicted octanol–water partition coefficient (Wildman–Crippen LogP) is 5.10. The molecule has 1 N–H and O–H groups in total. The lowest BCUT2D eigenvalue weighted by Gasteiger charge is -2.58. The van der Waals surface area contributed by atoms with Crippen LogP contribution in [0.15, 0.2) is 23.2 Å². The molecule has 4 aliphatic rings. The Morgan fingerprint density at radius 2 is 1.93 bits per heavy atom. The van der Waals surface area contributed by atoms with Crippen molar-refractivity contribution in [1.29, 1.82) is 0 Å². The van der Waals surface area contributed by atoms with Gasteiger partial charge >= 0.3 is 0 Å². The Hall–Kier alpha value is -1.29.